The van der Waals surface area contributed by atoms with E-state index in [1.165, 1.54) is 26.2 Å². The number of carboxylic acid groups (broad SMARTS) is 1. The molecule has 1 aromatic carbocycles. The molecule has 0 aliphatic carbocycles. The molecule has 0 bridgehead atoms. The van der Waals surface area contributed by atoms with E-state index in [1.807, 2.05) is 0 Å². The molecule has 1 saturated heterocycles. The third-order valence-corrected chi connectivity index (χ3v) is 6.26. The molecule has 0 saturated carbocycles. The molecule has 0 unspecified atom stereocenters. The summed E-state index contributed by atoms with van der Waals surface area (Å²) in [5.74, 6) is -0.475. The van der Waals surface area contributed by atoms with Crippen LogP contribution < -0.4 is 4.74 Å². The van der Waals surface area contributed by atoms with Gasteiger partial charge in [0.2, 0.25) is 10.0 Å². The van der Waals surface area contributed by atoms with Gasteiger partial charge >= 0.3 is 5.97 Å². The topological polar surface area (TPSA) is 83.9 Å². The largest absolute Gasteiger partial charge is 0.496 e. The molecule has 0 amide bonds. The smallest absolute Gasteiger partial charge is 0.324 e. The van der Waals surface area contributed by atoms with Gasteiger partial charge in [-0.2, -0.15) is 4.31 Å². The first-order valence-corrected chi connectivity index (χ1v) is 8.50. The fourth-order valence-electron chi connectivity index (χ4n) is 3.05. The van der Waals surface area contributed by atoms with Crippen molar-refractivity contribution in [2.45, 2.75) is 44.0 Å². The van der Waals surface area contributed by atoms with Gasteiger partial charge in [-0.3, -0.25) is 4.79 Å². The second kappa shape index (κ2) is 5.55. The minimum atomic E-state index is -3.86. The van der Waals surface area contributed by atoms with E-state index in [-0.39, 0.29) is 11.4 Å². The predicted octanol–water partition coefficient (Wildman–Crippen LogP) is 1.94. The van der Waals surface area contributed by atoms with Crippen molar-refractivity contribution in [3.63, 3.8) is 0 Å². The van der Waals surface area contributed by atoms with Crippen molar-refractivity contribution in [3.05, 3.63) is 23.3 Å². The van der Waals surface area contributed by atoms with Crippen molar-refractivity contribution in [1.82, 2.24) is 4.31 Å². The second-order valence-electron chi connectivity index (χ2n) is 5.85. The van der Waals surface area contributed by atoms with E-state index in [9.17, 15) is 18.3 Å². The first kappa shape index (κ1) is 16.8. The molecule has 1 aliphatic rings. The number of hydrogen-bond acceptors (Lipinski definition) is 4. The molecule has 0 aromatic heterocycles. The highest BCUT2D eigenvalue weighted by Crippen LogP contribution is 2.36. The molecule has 2 rings (SSSR count). The van der Waals surface area contributed by atoms with Gasteiger partial charge in [0.05, 0.1) is 12.0 Å². The average molecular weight is 327 g/mol. The molecule has 0 radical (unpaired) electrons. The number of hydrogen-bond donors (Lipinski definition) is 1. The summed E-state index contributed by atoms with van der Waals surface area (Å²) >= 11 is 0. The lowest BCUT2D eigenvalue weighted by Gasteiger charge is -2.30. The van der Waals surface area contributed by atoms with Gasteiger partial charge in [-0.1, -0.05) is 0 Å². The Morgan fingerprint density at radius 2 is 1.86 bits per heavy atom. The van der Waals surface area contributed by atoms with Gasteiger partial charge in [0.15, 0.2) is 0 Å². The van der Waals surface area contributed by atoms with Gasteiger partial charge in [0.25, 0.3) is 0 Å². The van der Waals surface area contributed by atoms with Gasteiger partial charge in [-0.15, -0.1) is 0 Å². The van der Waals surface area contributed by atoms with E-state index in [0.717, 1.165) is 4.31 Å². The summed E-state index contributed by atoms with van der Waals surface area (Å²) < 4.78 is 32.1. The van der Waals surface area contributed by atoms with Crippen LogP contribution in [-0.2, 0) is 14.8 Å². The van der Waals surface area contributed by atoms with E-state index in [1.54, 1.807) is 13.8 Å². The second-order valence-corrected chi connectivity index (χ2v) is 7.71. The summed E-state index contributed by atoms with van der Waals surface area (Å²) in [7, 11) is -2.33. The van der Waals surface area contributed by atoms with Crippen LogP contribution >= 0.6 is 0 Å². The van der Waals surface area contributed by atoms with E-state index < -0.39 is 21.5 Å². The van der Waals surface area contributed by atoms with Crippen molar-refractivity contribution in [2.24, 2.45) is 0 Å². The highest BCUT2D eigenvalue weighted by molar-refractivity contribution is 7.89. The number of sulfonamides is 1. The maximum atomic E-state index is 12.9. The Balaban J connectivity index is 2.54. The Morgan fingerprint density at radius 1 is 1.32 bits per heavy atom. The molecule has 6 nitrogen and oxygen atoms in total. The van der Waals surface area contributed by atoms with Crippen LogP contribution in [0.2, 0.25) is 0 Å². The fraction of sp³-hybridized carbons (Fsp3) is 0.533. The molecule has 1 atom stereocenters. The van der Waals surface area contributed by atoms with Gasteiger partial charge in [-0.05, 0) is 56.9 Å². The van der Waals surface area contributed by atoms with Gasteiger partial charge in [-0.25, -0.2) is 8.42 Å². The fourth-order valence-corrected chi connectivity index (χ4v) is 5.02. The van der Waals surface area contributed by atoms with Crippen LogP contribution in [0.3, 0.4) is 0 Å². The number of aryl methyl sites for hydroxylation is 2. The molecular weight excluding hydrogens is 306 g/mol. The van der Waals surface area contributed by atoms with Crippen LogP contribution in [-0.4, -0.2) is 43.0 Å². The summed E-state index contributed by atoms with van der Waals surface area (Å²) in [5.41, 5.74) is 0.0233. The zero-order chi connectivity index (χ0) is 16.7. The van der Waals surface area contributed by atoms with Crippen molar-refractivity contribution >= 4 is 16.0 Å². The normalized spacial score (nSPS) is 22.7. The van der Waals surface area contributed by atoms with Crippen LogP contribution in [0.25, 0.3) is 0 Å². The maximum Gasteiger partial charge on any atom is 0.324 e. The molecule has 1 heterocycles. The molecule has 0 spiro atoms. The summed E-state index contributed by atoms with van der Waals surface area (Å²) in [6.07, 6.45) is 0.853. The third kappa shape index (κ3) is 2.48. The lowest BCUT2D eigenvalue weighted by atomic mass is 10.0. The third-order valence-electron chi connectivity index (χ3n) is 4.26. The molecule has 1 aromatic rings. The van der Waals surface area contributed by atoms with Crippen molar-refractivity contribution in [3.8, 4) is 5.75 Å². The molecule has 7 heteroatoms. The van der Waals surface area contributed by atoms with Crippen molar-refractivity contribution < 1.29 is 23.1 Å². The molecule has 22 heavy (non-hydrogen) atoms. The van der Waals surface area contributed by atoms with Crippen LogP contribution in [0.15, 0.2) is 17.0 Å². The zero-order valence-corrected chi connectivity index (χ0v) is 14.0. The van der Waals surface area contributed by atoms with E-state index >= 15 is 0 Å². The summed E-state index contributed by atoms with van der Waals surface area (Å²) in [4.78, 5) is 11.6. The number of benzene rings is 1. The lowest BCUT2D eigenvalue weighted by Crippen LogP contribution is -2.50. The molecule has 1 N–H and O–H groups in total. The molecular formula is C15H21NO5S. The number of carbonyl (C=O) groups is 1. The Labute approximate surface area is 130 Å². The first-order valence-electron chi connectivity index (χ1n) is 7.06. The van der Waals surface area contributed by atoms with Crippen LogP contribution in [0, 0.1) is 13.8 Å². The highest BCUT2D eigenvalue weighted by atomic mass is 32.2. The average Bonchev–Trinajstić information content (AvgIpc) is 2.82. The van der Waals surface area contributed by atoms with Crippen molar-refractivity contribution in [1.29, 1.82) is 0 Å². The van der Waals surface area contributed by atoms with Gasteiger partial charge in [0.1, 0.15) is 11.3 Å². The number of ether oxygens (including phenoxy) is 1. The molecule has 122 valence electrons. The number of carboxylic acids is 1. The summed E-state index contributed by atoms with van der Waals surface area (Å²) in [5, 5.41) is 9.42. The maximum absolute atomic E-state index is 12.9. The van der Waals surface area contributed by atoms with Crippen LogP contribution in [0.5, 0.6) is 5.75 Å². The van der Waals surface area contributed by atoms with Crippen molar-refractivity contribution in [2.75, 3.05) is 13.7 Å². The number of nitrogens with zero attached hydrogens (tertiary/aromatic N) is 1. The standard InChI is InChI=1S/C15H21NO5S/c1-10-8-12(9-11(2)13(10)21-4)22(19,20)16-7-5-6-15(16,3)14(17)18/h8-9H,5-7H2,1-4H3,(H,17,18)/t15-/m0/s1. The van der Waals surface area contributed by atoms with E-state index in [0.29, 0.717) is 29.7 Å². The lowest BCUT2D eigenvalue weighted by molar-refractivity contribution is -0.146. The zero-order valence-electron chi connectivity index (χ0n) is 13.2. The number of aliphatic carboxylic acids is 1. The van der Waals surface area contributed by atoms with E-state index in [2.05, 4.69) is 0 Å². The number of rotatable bonds is 4. The number of methoxy groups -OCH3 is 1. The Hall–Kier alpha value is -1.60. The molecule has 1 fully saturated rings. The predicted molar refractivity (Wildman–Crippen MR) is 81.6 cm³/mol. The summed E-state index contributed by atoms with van der Waals surface area (Å²) in [6.45, 7) is 5.22. The van der Waals surface area contributed by atoms with E-state index in [4.69, 9.17) is 4.74 Å². The Kier molecular flexibility index (Phi) is 4.23. The quantitative estimate of drug-likeness (QED) is 0.913. The Bertz CT molecular complexity index is 690. The minimum Gasteiger partial charge on any atom is -0.496 e. The molecule has 1 aliphatic heterocycles. The first-order chi connectivity index (χ1) is 10.1. The van der Waals surface area contributed by atoms with Gasteiger partial charge < -0.3 is 9.84 Å². The minimum absolute atomic E-state index is 0.109. The van der Waals surface area contributed by atoms with Crippen LogP contribution in [0.1, 0.15) is 30.9 Å². The van der Waals surface area contributed by atoms with Gasteiger partial charge in [0, 0.05) is 6.54 Å². The highest BCUT2D eigenvalue weighted by Gasteiger charge is 2.49. The summed E-state index contributed by atoms with van der Waals surface area (Å²) in [6, 6.07) is 3.06. The monoisotopic (exact) mass is 327 g/mol. The Morgan fingerprint density at radius 3 is 2.32 bits per heavy atom. The SMILES string of the molecule is COc1c(C)cc(S(=O)(=O)N2CCC[C@@]2(C)C(=O)O)cc1C. The van der Waals surface area contributed by atoms with Crippen LogP contribution in [0.4, 0.5) is 0 Å².